The van der Waals surface area contributed by atoms with E-state index in [-0.39, 0.29) is 23.6 Å². The van der Waals surface area contributed by atoms with Gasteiger partial charge in [-0.25, -0.2) is 8.42 Å². The highest BCUT2D eigenvalue weighted by Crippen LogP contribution is 2.32. The lowest BCUT2D eigenvalue weighted by Gasteiger charge is -2.18. The Bertz CT molecular complexity index is 1540. The molecule has 0 unspecified atom stereocenters. The molecule has 0 aliphatic rings. The number of aryl methyl sites for hydroxylation is 1. The van der Waals surface area contributed by atoms with Crippen molar-refractivity contribution in [2.45, 2.75) is 45.4 Å². The summed E-state index contributed by atoms with van der Waals surface area (Å²) >= 11 is 0. The highest BCUT2D eigenvalue weighted by Gasteiger charge is 2.15. The number of benzene rings is 2. The van der Waals surface area contributed by atoms with Crippen molar-refractivity contribution >= 4 is 32.3 Å². The first-order valence-electron chi connectivity index (χ1n) is 11.6. The number of fused-ring (bicyclic) bond motifs is 1. The topological polar surface area (TPSA) is 103 Å². The van der Waals surface area contributed by atoms with Gasteiger partial charge in [-0.05, 0) is 68.7 Å². The maximum atomic E-state index is 12.6. The normalized spacial score (nSPS) is 12.0. The number of hydrogen-bond acceptors (Lipinski definition) is 6. The SMILES string of the molecule is Cc1cc(CC(=O)Nc2cnn(C(C)(C)C)c2)ccc1Oc1ccnc2ccc(CS(C)(=O)=O)cc12. The van der Waals surface area contributed by atoms with Crippen LogP contribution in [-0.2, 0) is 32.3 Å². The number of anilines is 1. The molecule has 0 fully saturated rings. The number of carbonyl (C=O) groups excluding carboxylic acids is 1. The molecular weight excluding hydrogens is 476 g/mol. The van der Waals surface area contributed by atoms with Crippen LogP contribution >= 0.6 is 0 Å². The number of carbonyl (C=O) groups is 1. The standard InChI is InChI=1S/C27H30N4O4S/c1-18-12-19(14-26(32)30-21-15-29-31(16-21)27(2,3)4)7-9-24(18)35-25-10-11-28-23-8-6-20(13-22(23)25)17-36(5,33)34/h6-13,15-16H,14,17H2,1-5H3,(H,30,32). The number of aromatic nitrogens is 3. The zero-order chi connectivity index (χ0) is 26.1. The summed E-state index contributed by atoms with van der Waals surface area (Å²) in [4.78, 5) is 16.9. The van der Waals surface area contributed by atoms with Crippen molar-refractivity contribution in [3.05, 3.63) is 77.7 Å². The average molecular weight is 507 g/mol. The summed E-state index contributed by atoms with van der Waals surface area (Å²) in [5.74, 6) is 1.05. The van der Waals surface area contributed by atoms with Crippen molar-refractivity contribution in [1.29, 1.82) is 0 Å². The third kappa shape index (κ3) is 6.28. The highest BCUT2D eigenvalue weighted by molar-refractivity contribution is 7.89. The predicted octanol–water partition coefficient (Wildman–Crippen LogP) is 5.01. The van der Waals surface area contributed by atoms with Crippen LogP contribution in [0.3, 0.4) is 0 Å². The molecule has 2 aromatic carbocycles. The van der Waals surface area contributed by atoms with Crippen molar-refractivity contribution in [3.63, 3.8) is 0 Å². The van der Waals surface area contributed by atoms with E-state index in [9.17, 15) is 13.2 Å². The van der Waals surface area contributed by atoms with Crippen LogP contribution < -0.4 is 10.1 Å². The first-order chi connectivity index (χ1) is 16.9. The Labute approximate surface area is 211 Å². The van der Waals surface area contributed by atoms with E-state index in [1.165, 1.54) is 6.26 Å². The molecule has 0 saturated heterocycles. The van der Waals surface area contributed by atoms with Crippen LogP contribution in [0.4, 0.5) is 5.69 Å². The second-order valence-electron chi connectivity index (χ2n) is 10.0. The number of amides is 1. The zero-order valence-electron chi connectivity index (χ0n) is 21.1. The Kier molecular flexibility index (Phi) is 6.86. The smallest absolute Gasteiger partial charge is 0.228 e. The molecule has 2 aromatic heterocycles. The lowest BCUT2D eigenvalue weighted by Crippen LogP contribution is -2.22. The van der Waals surface area contributed by atoms with Gasteiger partial charge in [-0.1, -0.05) is 18.2 Å². The fourth-order valence-electron chi connectivity index (χ4n) is 3.85. The quantitative estimate of drug-likeness (QED) is 0.378. The number of rotatable bonds is 7. The van der Waals surface area contributed by atoms with Crippen LogP contribution in [0.2, 0.25) is 0 Å². The molecule has 4 rings (SSSR count). The van der Waals surface area contributed by atoms with Gasteiger partial charge in [-0.2, -0.15) is 5.10 Å². The Balaban J connectivity index is 1.49. The number of hydrogen-bond donors (Lipinski definition) is 1. The molecule has 0 atom stereocenters. The second kappa shape index (κ2) is 9.73. The molecule has 2 heterocycles. The number of nitrogens with zero attached hydrogens (tertiary/aromatic N) is 3. The molecule has 0 bridgehead atoms. The lowest BCUT2D eigenvalue weighted by molar-refractivity contribution is -0.115. The molecule has 9 heteroatoms. The summed E-state index contributed by atoms with van der Waals surface area (Å²) in [5, 5.41) is 7.94. The van der Waals surface area contributed by atoms with Crippen LogP contribution in [0.15, 0.2) is 61.1 Å². The number of nitrogens with one attached hydrogen (secondary N) is 1. The van der Waals surface area contributed by atoms with E-state index in [2.05, 4.69) is 15.4 Å². The fourth-order valence-corrected chi connectivity index (χ4v) is 4.63. The summed E-state index contributed by atoms with van der Waals surface area (Å²) in [6.07, 6.45) is 6.55. The van der Waals surface area contributed by atoms with E-state index in [0.29, 0.717) is 28.3 Å². The highest BCUT2D eigenvalue weighted by atomic mass is 32.2. The molecule has 0 aliphatic carbocycles. The summed E-state index contributed by atoms with van der Waals surface area (Å²) in [6, 6.07) is 12.7. The maximum absolute atomic E-state index is 12.6. The Hall–Kier alpha value is -3.72. The van der Waals surface area contributed by atoms with Gasteiger partial charge in [0.05, 0.1) is 35.1 Å². The summed E-state index contributed by atoms with van der Waals surface area (Å²) < 4.78 is 31.5. The third-order valence-corrected chi connectivity index (χ3v) is 6.43. The molecule has 0 aliphatic heterocycles. The first kappa shape index (κ1) is 25.4. The number of sulfone groups is 1. The lowest BCUT2D eigenvalue weighted by atomic mass is 10.1. The van der Waals surface area contributed by atoms with Gasteiger partial charge in [0.1, 0.15) is 11.5 Å². The minimum absolute atomic E-state index is 0.0515. The van der Waals surface area contributed by atoms with Gasteiger partial charge in [0.2, 0.25) is 5.91 Å². The van der Waals surface area contributed by atoms with Crippen molar-refractivity contribution in [3.8, 4) is 11.5 Å². The largest absolute Gasteiger partial charge is 0.456 e. The van der Waals surface area contributed by atoms with E-state index in [0.717, 1.165) is 16.5 Å². The third-order valence-electron chi connectivity index (χ3n) is 5.57. The first-order valence-corrected chi connectivity index (χ1v) is 13.6. The van der Waals surface area contributed by atoms with E-state index in [1.54, 1.807) is 36.7 Å². The maximum Gasteiger partial charge on any atom is 0.228 e. The Morgan fingerprint density at radius 2 is 1.81 bits per heavy atom. The van der Waals surface area contributed by atoms with Crippen LogP contribution in [0.5, 0.6) is 11.5 Å². The molecular formula is C27H30N4O4S. The molecule has 0 spiro atoms. The van der Waals surface area contributed by atoms with Crippen molar-refractivity contribution in [2.24, 2.45) is 0 Å². The minimum Gasteiger partial charge on any atom is -0.456 e. The van der Waals surface area contributed by atoms with Gasteiger partial charge in [0.25, 0.3) is 0 Å². The van der Waals surface area contributed by atoms with Gasteiger partial charge >= 0.3 is 0 Å². The number of pyridine rings is 1. The van der Waals surface area contributed by atoms with E-state index in [1.807, 2.05) is 56.8 Å². The van der Waals surface area contributed by atoms with Crippen LogP contribution in [0.1, 0.15) is 37.5 Å². The van der Waals surface area contributed by atoms with Crippen molar-refractivity contribution in [2.75, 3.05) is 11.6 Å². The summed E-state index contributed by atoms with van der Waals surface area (Å²) in [5.41, 5.74) is 3.62. The Morgan fingerprint density at radius 3 is 2.47 bits per heavy atom. The summed E-state index contributed by atoms with van der Waals surface area (Å²) in [6.45, 7) is 8.05. The van der Waals surface area contributed by atoms with Gasteiger partial charge in [-0.3, -0.25) is 14.5 Å². The molecule has 1 N–H and O–H groups in total. The fraction of sp³-hybridized carbons (Fsp3) is 0.296. The number of ether oxygens (including phenoxy) is 1. The van der Waals surface area contributed by atoms with Gasteiger partial charge in [-0.15, -0.1) is 0 Å². The van der Waals surface area contributed by atoms with Gasteiger partial charge in [0, 0.05) is 24.0 Å². The predicted molar refractivity (Wildman–Crippen MR) is 141 cm³/mol. The molecule has 0 radical (unpaired) electrons. The molecule has 8 nitrogen and oxygen atoms in total. The van der Waals surface area contributed by atoms with Gasteiger partial charge in [0.15, 0.2) is 9.84 Å². The minimum atomic E-state index is -3.16. The zero-order valence-corrected chi connectivity index (χ0v) is 21.9. The van der Waals surface area contributed by atoms with Crippen LogP contribution in [0, 0.1) is 6.92 Å². The van der Waals surface area contributed by atoms with Crippen LogP contribution in [0.25, 0.3) is 10.9 Å². The Morgan fingerprint density at radius 1 is 1.06 bits per heavy atom. The van der Waals surface area contributed by atoms with Gasteiger partial charge < -0.3 is 10.1 Å². The molecule has 1 amide bonds. The monoisotopic (exact) mass is 506 g/mol. The van der Waals surface area contributed by atoms with Crippen LogP contribution in [-0.4, -0.2) is 35.3 Å². The van der Waals surface area contributed by atoms with E-state index in [4.69, 9.17) is 4.74 Å². The summed E-state index contributed by atoms with van der Waals surface area (Å²) in [7, 11) is -3.16. The second-order valence-corrected chi connectivity index (χ2v) is 12.1. The van der Waals surface area contributed by atoms with Crippen molar-refractivity contribution in [1.82, 2.24) is 14.8 Å². The molecule has 188 valence electrons. The molecule has 4 aromatic rings. The average Bonchev–Trinajstić information content (AvgIpc) is 3.24. The van der Waals surface area contributed by atoms with E-state index >= 15 is 0 Å². The van der Waals surface area contributed by atoms with Crippen molar-refractivity contribution < 1.29 is 17.9 Å². The molecule has 36 heavy (non-hydrogen) atoms. The van der Waals surface area contributed by atoms with E-state index < -0.39 is 9.84 Å². The molecule has 0 saturated carbocycles.